The standard InChI is InChI=1S/C16H26N4O/c1-14(2)6-5-9-18-16(21)20-12-10-19(11-13-20)15-7-3-4-8-17-15/h3-4,7-8,14H,5-6,9-13H2,1-2H3,(H,18,21). The van der Waals surface area contributed by atoms with Crippen molar-refractivity contribution in [3.8, 4) is 0 Å². The van der Waals surface area contributed by atoms with E-state index in [4.69, 9.17) is 0 Å². The summed E-state index contributed by atoms with van der Waals surface area (Å²) in [5, 5.41) is 3.02. The first-order valence-electron chi connectivity index (χ1n) is 7.85. The minimum Gasteiger partial charge on any atom is -0.353 e. The molecule has 0 atom stereocenters. The molecule has 21 heavy (non-hydrogen) atoms. The summed E-state index contributed by atoms with van der Waals surface area (Å²) in [6.07, 6.45) is 4.02. The molecule has 5 nitrogen and oxygen atoms in total. The molecule has 2 heterocycles. The van der Waals surface area contributed by atoms with Crippen LogP contribution in [0.25, 0.3) is 0 Å². The Kier molecular flexibility index (Phi) is 5.84. The average Bonchev–Trinajstić information content (AvgIpc) is 2.52. The van der Waals surface area contributed by atoms with Gasteiger partial charge < -0.3 is 15.1 Å². The number of nitrogens with one attached hydrogen (secondary N) is 1. The van der Waals surface area contributed by atoms with Crippen molar-refractivity contribution in [2.24, 2.45) is 5.92 Å². The van der Waals surface area contributed by atoms with Crippen molar-refractivity contribution in [1.82, 2.24) is 15.2 Å². The van der Waals surface area contributed by atoms with E-state index < -0.39 is 0 Å². The van der Waals surface area contributed by atoms with Crippen LogP contribution in [0.15, 0.2) is 24.4 Å². The topological polar surface area (TPSA) is 48.5 Å². The summed E-state index contributed by atoms with van der Waals surface area (Å²) in [7, 11) is 0. The highest BCUT2D eigenvalue weighted by molar-refractivity contribution is 5.74. The largest absolute Gasteiger partial charge is 0.353 e. The van der Waals surface area contributed by atoms with E-state index in [-0.39, 0.29) is 6.03 Å². The predicted molar refractivity (Wildman–Crippen MR) is 85.5 cm³/mol. The van der Waals surface area contributed by atoms with E-state index in [0.29, 0.717) is 5.92 Å². The SMILES string of the molecule is CC(C)CCCNC(=O)N1CCN(c2ccccn2)CC1. The lowest BCUT2D eigenvalue weighted by molar-refractivity contribution is 0.194. The van der Waals surface area contributed by atoms with Gasteiger partial charge in [0.05, 0.1) is 0 Å². The molecule has 116 valence electrons. The van der Waals surface area contributed by atoms with Gasteiger partial charge in [0, 0.05) is 38.9 Å². The maximum Gasteiger partial charge on any atom is 0.317 e. The molecule has 1 aliphatic heterocycles. The van der Waals surface area contributed by atoms with Crippen LogP contribution in [0.3, 0.4) is 0 Å². The van der Waals surface area contributed by atoms with Gasteiger partial charge in [-0.2, -0.15) is 0 Å². The number of amides is 2. The van der Waals surface area contributed by atoms with Gasteiger partial charge in [0.1, 0.15) is 5.82 Å². The Labute approximate surface area is 127 Å². The molecule has 1 fully saturated rings. The van der Waals surface area contributed by atoms with Gasteiger partial charge in [0.15, 0.2) is 0 Å². The Morgan fingerprint density at radius 3 is 2.67 bits per heavy atom. The minimum absolute atomic E-state index is 0.0689. The van der Waals surface area contributed by atoms with Crippen molar-refractivity contribution in [1.29, 1.82) is 0 Å². The molecule has 0 aromatic carbocycles. The number of hydrogen-bond donors (Lipinski definition) is 1. The molecule has 1 aromatic heterocycles. The third-order valence-electron chi connectivity index (χ3n) is 3.77. The number of hydrogen-bond acceptors (Lipinski definition) is 3. The molecule has 0 radical (unpaired) electrons. The maximum absolute atomic E-state index is 12.1. The van der Waals surface area contributed by atoms with Crippen LogP contribution in [0.1, 0.15) is 26.7 Å². The number of carbonyl (C=O) groups is 1. The molecule has 5 heteroatoms. The first kappa shape index (κ1) is 15.6. The van der Waals surface area contributed by atoms with Crippen molar-refractivity contribution in [3.63, 3.8) is 0 Å². The smallest absolute Gasteiger partial charge is 0.317 e. The number of carbonyl (C=O) groups excluding carboxylic acids is 1. The fraction of sp³-hybridized carbons (Fsp3) is 0.625. The van der Waals surface area contributed by atoms with Gasteiger partial charge in [-0.15, -0.1) is 0 Å². The summed E-state index contributed by atoms with van der Waals surface area (Å²) in [5.74, 6) is 1.69. The van der Waals surface area contributed by atoms with Gasteiger partial charge in [-0.25, -0.2) is 9.78 Å². The monoisotopic (exact) mass is 290 g/mol. The zero-order valence-corrected chi connectivity index (χ0v) is 13.1. The van der Waals surface area contributed by atoms with Crippen LogP contribution in [-0.4, -0.2) is 48.6 Å². The van der Waals surface area contributed by atoms with Crippen LogP contribution < -0.4 is 10.2 Å². The molecule has 0 saturated carbocycles. The summed E-state index contributed by atoms with van der Waals surface area (Å²) in [6, 6.07) is 6.00. The van der Waals surface area contributed by atoms with Gasteiger partial charge >= 0.3 is 6.03 Å². The molecule has 0 spiro atoms. The first-order valence-corrected chi connectivity index (χ1v) is 7.85. The zero-order valence-electron chi connectivity index (χ0n) is 13.1. The fourth-order valence-electron chi connectivity index (χ4n) is 2.50. The van der Waals surface area contributed by atoms with Crippen LogP contribution in [0.2, 0.25) is 0 Å². The summed E-state index contributed by atoms with van der Waals surface area (Å²) in [5.41, 5.74) is 0. The van der Waals surface area contributed by atoms with E-state index >= 15 is 0 Å². The van der Waals surface area contributed by atoms with Crippen LogP contribution >= 0.6 is 0 Å². The van der Waals surface area contributed by atoms with Crippen molar-refractivity contribution in [2.45, 2.75) is 26.7 Å². The molecule has 0 unspecified atom stereocenters. The van der Waals surface area contributed by atoms with Gasteiger partial charge in [0.25, 0.3) is 0 Å². The summed E-state index contributed by atoms with van der Waals surface area (Å²) >= 11 is 0. The molecule has 1 aliphatic rings. The van der Waals surface area contributed by atoms with E-state index in [0.717, 1.165) is 51.4 Å². The highest BCUT2D eigenvalue weighted by atomic mass is 16.2. The average molecular weight is 290 g/mol. The number of rotatable bonds is 5. The van der Waals surface area contributed by atoms with Crippen molar-refractivity contribution >= 4 is 11.8 Å². The third kappa shape index (κ3) is 4.92. The van der Waals surface area contributed by atoms with Gasteiger partial charge in [-0.3, -0.25) is 0 Å². The van der Waals surface area contributed by atoms with Crippen molar-refractivity contribution < 1.29 is 4.79 Å². The molecule has 0 bridgehead atoms. The van der Waals surface area contributed by atoms with Crippen LogP contribution in [0, 0.1) is 5.92 Å². The van der Waals surface area contributed by atoms with E-state index in [2.05, 4.69) is 29.0 Å². The van der Waals surface area contributed by atoms with E-state index in [9.17, 15) is 4.79 Å². The lowest BCUT2D eigenvalue weighted by Crippen LogP contribution is -2.52. The molecular weight excluding hydrogens is 264 g/mol. The zero-order chi connectivity index (χ0) is 15.1. The Morgan fingerprint density at radius 2 is 2.05 bits per heavy atom. The third-order valence-corrected chi connectivity index (χ3v) is 3.77. The first-order chi connectivity index (χ1) is 10.2. The Morgan fingerprint density at radius 1 is 1.29 bits per heavy atom. The van der Waals surface area contributed by atoms with Crippen molar-refractivity contribution in [2.75, 3.05) is 37.6 Å². The number of urea groups is 1. The van der Waals surface area contributed by atoms with E-state index in [1.807, 2.05) is 29.3 Å². The van der Waals surface area contributed by atoms with Crippen LogP contribution in [0.5, 0.6) is 0 Å². The maximum atomic E-state index is 12.1. The fourth-order valence-corrected chi connectivity index (χ4v) is 2.50. The minimum atomic E-state index is 0.0689. The lowest BCUT2D eigenvalue weighted by Gasteiger charge is -2.35. The highest BCUT2D eigenvalue weighted by Crippen LogP contribution is 2.12. The molecule has 2 rings (SSSR count). The molecule has 1 N–H and O–H groups in total. The Balaban J connectivity index is 1.70. The number of nitrogens with zero attached hydrogens (tertiary/aromatic N) is 3. The quantitative estimate of drug-likeness (QED) is 0.847. The summed E-state index contributed by atoms with van der Waals surface area (Å²) < 4.78 is 0. The summed E-state index contributed by atoms with van der Waals surface area (Å²) in [4.78, 5) is 20.5. The van der Waals surface area contributed by atoms with E-state index in [1.165, 1.54) is 0 Å². The second-order valence-electron chi connectivity index (χ2n) is 5.93. The number of anilines is 1. The van der Waals surface area contributed by atoms with Crippen molar-refractivity contribution in [3.05, 3.63) is 24.4 Å². The molecule has 1 saturated heterocycles. The molecule has 2 amide bonds. The Bertz CT molecular complexity index is 427. The number of aromatic nitrogens is 1. The van der Waals surface area contributed by atoms with Gasteiger partial charge in [-0.05, 0) is 30.9 Å². The normalized spacial score (nSPS) is 15.4. The van der Waals surface area contributed by atoms with Crippen LogP contribution in [0.4, 0.5) is 10.6 Å². The highest BCUT2D eigenvalue weighted by Gasteiger charge is 2.21. The van der Waals surface area contributed by atoms with Gasteiger partial charge in [-0.1, -0.05) is 19.9 Å². The number of pyridine rings is 1. The predicted octanol–water partition coefficient (Wildman–Crippen LogP) is 2.35. The lowest BCUT2D eigenvalue weighted by atomic mass is 10.1. The second-order valence-corrected chi connectivity index (χ2v) is 5.93. The molecular formula is C16H26N4O. The van der Waals surface area contributed by atoms with E-state index in [1.54, 1.807) is 0 Å². The number of piperazine rings is 1. The van der Waals surface area contributed by atoms with Crippen LogP contribution in [-0.2, 0) is 0 Å². The second kappa shape index (κ2) is 7.86. The Hall–Kier alpha value is -1.78. The van der Waals surface area contributed by atoms with Gasteiger partial charge in [0.2, 0.25) is 0 Å². The summed E-state index contributed by atoms with van der Waals surface area (Å²) in [6.45, 7) is 8.39. The molecule has 0 aliphatic carbocycles. The molecule has 1 aromatic rings.